The first-order valence-electron chi connectivity index (χ1n) is 6.87. The molecule has 0 atom stereocenters. The van der Waals surface area contributed by atoms with Gasteiger partial charge in [-0.1, -0.05) is 26.0 Å². The highest BCUT2D eigenvalue weighted by atomic mass is 19.1. The number of rotatable bonds is 7. The van der Waals surface area contributed by atoms with Crippen LogP contribution in [0.15, 0.2) is 24.3 Å². The van der Waals surface area contributed by atoms with Crippen LogP contribution >= 0.6 is 0 Å². The minimum atomic E-state index is -1.04. The van der Waals surface area contributed by atoms with Gasteiger partial charge in [0.25, 0.3) is 0 Å². The Balaban J connectivity index is 2.45. The normalized spacial score (nSPS) is 10.5. The van der Waals surface area contributed by atoms with E-state index >= 15 is 0 Å². The summed E-state index contributed by atoms with van der Waals surface area (Å²) in [4.78, 5) is 24.0. The van der Waals surface area contributed by atoms with Crippen molar-refractivity contribution >= 4 is 12.0 Å². The summed E-state index contributed by atoms with van der Waals surface area (Å²) in [5.41, 5.74) is 0.908. The van der Waals surface area contributed by atoms with E-state index in [1.165, 1.54) is 17.0 Å². The maximum absolute atomic E-state index is 12.8. The van der Waals surface area contributed by atoms with Crippen molar-refractivity contribution in [1.82, 2.24) is 10.2 Å². The van der Waals surface area contributed by atoms with E-state index in [1.807, 2.05) is 13.8 Å². The van der Waals surface area contributed by atoms with Crippen molar-refractivity contribution < 1.29 is 19.1 Å². The van der Waals surface area contributed by atoms with Crippen LogP contribution in [0.4, 0.5) is 9.18 Å². The number of urea groups is 1. The fourth-order valence-corrected chi connectivity index (χ4v) is 1.90. The molecule has 0 bridgehead atoms. The van der Waals surface area contributed by atoms with E-state index < -0.39 is 12.0 Å². The number of carboxylic acids is 1. The summed E-state index contributed by atoms with van der Waals surface area (Å²) in [6.45, 7) is 4.27. The van der Waals surface area contributed by atoms with Crippen molar-refractivity contribution in [1.29, 1.82) is 0 Å². The monoisotopic (exact) mass is 296 g/mol. The molecule has 2 amide bonds. The van der Waals surface area contributed by atoms with E-state index in [-0.39, 0.29) is 18.3 Å². The van der Waals surface area contributed by atoms with Gasteiger partial charge in [0.1, 0.15) is 12.4 Å². The van der Waals surface area contributed by atoms with Gasteiger partial charge in [-0.05, 0) is 30.0 Å². The molecular formula is C15H21FN2O3. The third-order valence-electron chi connectivity index (χ3n) is 2.80. The maximum atomic E-state index is 12.8. The maximum Gasteiger partial charge on any atom is 0.323 e. The van der Waals surface area contributed by atoms with E-state index in [0.29, 0.717) is 19.5 Å². The molecule has 5 nitrogen and oxygen atoms in total. The molecule has 0 heterocycles. The first-order chi connectivity index (χ1) is 9.88. The molecule has 0 aliphatic rings. The van der Waals surface area contributed by atoms with Gasteiger partial charge in [0.05, 0.1) is 0 Å². The SMILES string of the molecule is CC(C)CN(CC(=O)O)C(=O)NCCc1ccc(F)cc1. The fourth-order valence-electron chi connectivity index (χ4n) is 1.90. The molecule has 0 radical (unpaired) electrons. The van der Waals surface area contributed by atoms with Crippen LogP contribution in [-0.4, -0.2) is 41.6 Å². The molecule has 0 aromatic heterocycles. The smallest absolute Gasteiger partial charge is 0.323 e. The lowest BCUT2D eigenvalue weighted by Gasteiger charge is -2.23. The highest BCUT2D eigenvalue weighted by molar-refractivity contribution is 5.80. The van der Waals surface area contributed by atoms with Crippen LogP contribution in [0.5, 0.6) is 0 Å². The minimum Gasteiger partial charge on any atom is -0.480 e. The molecule has 6 heteroatoms. The molecular weight excluding hydrogens is 275 g/mol. The molecule has 1 aromatic rings. The average Bonchev–Trinajstić information content (AvgIpc) is 2.39. The first-order valence-corrected chi connectivity index (χ1v) is 6.87. The lowest BCUT2D eigenvalue weighted by Crippen LogP contribution is -2.45. The molecule has 0 saturated carbocycles. The predicted octanol–water partition coefficient (Wildman–Crippen LogP) is 2.12. The number of benzene rings is 1. The zero-order chi connectivity index (χ0) is 15.8. The molecule has 21 heavy (non-hydrogen) atoms. The van der Waals surface area contributed by atoms with Gasteiger partial charge in [0.15, 0.2) is 0 Å². The van der Waals surface area contributed by atoms with Crippen molar-refractivity contribution in [2.45, 2.75) is 20.3 Å². The van der Waals surface area contributed by atoms with E-state index in [1.54, 1.807) is 12.1 Å². The number of carbonyl (C=O) groups excluding carboxylic acids is 1. The summed E-state index contributed by atoms with van der Waals surface area (Å²) in [5, 5.41) is 11.5. The predicted molar refractivity (Wildman–Crippen MR) is 77.5 cm³/mol. The van der Waals surface area contributed by atoms with E-state index in [2.05, 4.69) is 5.32 Å². The van der Waals surface area contributed by atoms with E-state index in [4.69, 9.17) is 5.11 Å². The summed E-state index contributed by atoms with van der Waals surface area (Å²) in [7, 11) is 0. The van der Waals surface area contributed by atoms with Crippen LogP contribution in [0.2, 0.25) is 0 Å². The van der Waals surface area contributed by atoms with Gasteiger partial charge in [-0.2, -0.15) is 0 Å². The van der Waals surface area contributed by atoms with Crippen molar-refractivity contribution in [3.63, 3.8) is 0 Å². The summed E-state index contributed by atoms with van der Waals surface area (Å²) in [5.74, 6) is -1.15. The summed E-state index contributed by atoms with van der Waals surface area (Å²) in [6, 6.07) is 5.65. The number of nitrogens with zero attached hydrogens (tertiary/aromatic N) is 1. The summed E-state index contributed by atoms with van der Waals surface area (Å²) < 4.78 is 12.8. The highest BCUT2D eigenvalue weighted by Gasteiger charge is 2.17. The lowest BCUT2D eigenvalue weighted by atomic mass is 10.1. The van der Waals surface area contributed by atoms with Crippen molar-refractivity contribution in [3.05, 3.63) is 35.6 Å². The number of halogens is 1. The molecule has 0 saturated heterocycles. The Morgan fingerprint density at radius 3 is 2.43 bits per heavy atom. The summed E-state index contributed by atoms with van der Waals surface area (Å²) >= 11 is 0. The molecule has 2 N–H and O–H groups in total. The zero-order valence-corrected chi connectivity index (χ0v) is 12.3. The van der Waals surface area contributed by atoms with Crippen LogP contribution < -0.4 is 5.32 Å². The summed E-state index contributed by atoms with van der Waals surface area (Å²) in [6.07, 6.45) is 0.564. The number of aliphatic carboxylic acids is 1. The van der Waals surface area contributed by atoms with Gasteiger partial charge < -0.3 is 15.3 Å². The third-order valence-corrected chi connectivity index (χ3v) is 2.80. The van der Waals surface area contributed by atoms with Gasteiger partial charge in [0, 0.05) is 13.1 Å². The second kappa shape index (κ2) is 8.24. The second-order valence-corrected chi connectivity index (χ2v) is 5.28. The zero-order valence-electron chi connectivity index (χ0n) is 12.3. The quantitative estimate of drug-likeness (QED) is 0.809. The first kappa shape index (κ1) is 16.9. The van der Waals surface area contributed by atoms with Crippen LogP contribution in [-0.2, 0) is 11.2 Å². The largest absolute Gasteiger partial charge is 0.480 e. The third kappa shape index (κ3) is 6.74. The highest BCUT2D eigenvalue weighted by Crippen LogP contribution is 2.03. The molecule has 0 fully saturated rings. The Bertz CT molecular complexity index is 474. The Kier molecular flexibility index (Phi) is 6.65. The van der Waals surface area contributed by atoms with Gasteiger partial charge in [-0.15, -0.1) is 0 Å². The van der Waals surface area contributed by atoms with Crippen molar-refractivity contribution in [3.8, 4) is 0 Å². The van der Waals surface area contributed by atoms with Crippen LogP contribution in [0, 0.1) is 11.7 Å². The fraction of sp³-hybridized carbons (Fsp3) is 0.467. The average molecular weight is 296 g/mol. The Morgan fingerprint density at radius 2 is 1.90 bits per heavy atom. The van der Waals surface area contributed by atoms with Gasteiger partial charge in [-0.25, -0.2) is 9.18 Å². The van der Waals surface area contributed by atoms with Gasteiger partial charge in [-0.3, -0.25) is 4.79 Å². The molecule has 1 aromatic carbocycles. The van der Waals surface area contributed by atoms with E-state index in [0.717, 1.165) is 5.56 Å². The standard InChI is InChI=1S/C15H21FN2O3/c1-11(2)9-18(10-14(19)20)15(21)17-8-7-12-3-5-13(16)6-4-12/h3-6,11H,7-10H2,1-2H3,(H,17,21)(H,19,20). The van der Waals surface area contributed by atoms with Crippen LogP contribution in [0.3, 0.4) is 0 Å². The Labute approximate surface area is 123 Å². The number of hydrogen-bond acceptors (Lipinski definition) is 2. The Morgan fingerprint density at radius 1 is 1.29 bits per heavy atom. The second-order valence-electron chi connectivity index (χ2n) is 5.28. The molecule has 0 spiro atoms. The van der Waals surface area contributed by atoms with Crippen LogP contribution in [0.25, 0.3) is 0 Å². The number of nitrogens with one attached hydrogen (secondary N) is 1. The molecule has 0 aliphatic heterocycles. The number of carbonyl (C=O) groups is 2. The van der Waals surface area contributed by atoms with Crippen LogP contribution in [0.1, 0.15) is 19.4 Å². The van der Waals surface area contributed by atoms with Gasteiger partial charge in [0.2, 0.25) is 0 Å². The Hall–Kier alpha value is -2.11. The molecule has 116 valence electrons. The van der Waals surface area contributed by atoms with Crippen molar-refractivity contribution in [2.24, 2.45) is 5.92 Å². The lowest BCUT2D eigenvalue weighted by molar-refractivity contribution is -0.137. The number of carboxylic acid groups (broad SMARTS) is 1. The molecule has 0 unspecified atom stereocenters. The van der Waals surface area contributed by atoms with E-state index in [9.17, 15) is 14.0 Å². The molecule has 0 aliphatic carbocycles. The molecule has 1 rings (SSSR count). The number of hydrogen-bond donors (Lipinski definition) is 2. The number of amides is 2. The van der Waals surface area contributed by atoms with Gasteiger partial charge >= 0.3 is 12.0 Å². The van der Waals surface area contributed by atoms with Crippen molar-refractivity contribution in [2.75, 3.05) is 19.6 Å². The topological polar surface area (TPSA) is 69.6 Å². The minimum absolute atomic E-state index is 0.187.